The van der Waals surface area contributed by atoms with Crippen molar-refractivity contribution in [3.05, 3.63) is 52.0 Å². The molecule has 0 aromatic heterocycles. The standard InChI is InChI=1S/C20H22ClNO3/c1-4-22(17-7-6-13(2)10-14(17)3)20(23)15-11-16(21)19-18(12-15)24-8-5-9-25-19/h6-7,10-12H,4-5,8-9H2,1-3H3. The molecule has 132 valence electrons. The van der Waals surface area contributed by atoms with Crippen molar-refractivity contribution in [3.8, 4) is 11.5 Å². The zero-order chi connectivity index (χ0) is 18.0. The maximum absolute atomic E-state index is 13.1. The first kappa shape index (κ1) is 17.6. The first-order chi connectivity index (χ1) is 12.0. The molecule has 1 heterocycles. The van der Waals surface area contributed by atoms with E-state index in [-0.39, 0.29) is 5.91 Å². The van der Waals surface area contributed by atoms with Crippen molar-refractivity contribution in [2.75, 3.05) is 24.7 Å². The number of carbonyl (C=O) groups is 1. The quantitative estimate of drug-likeness (QED) is 0.791. The number of hydrogen-bond acceptors (Lipinski definition) is 3. The summed E-state index contributed by atoms with van der Waals surface area (Å²) in [6.45, 7) is 7.69. The van der Waals surface area contributed by atoms with Crippen LogP contribution in [0.15, 0.2) is 30.3 Å². The number of benzene rings is 2. The first-order valence-electron chi connectivity index (χ1n) is 8.49. The molecule has 0 unspecified atom stereocenters. The Kier molecular flexibility index (Phi) is 5.19. The first-order valence-corrected chi connectivity index (χ1v) is 8.87. The van der Waals surface area contributed by atoms with E-state index in [1.807, 2.05) is 32.9 Å². The van der Waals surface area contributed by atoms with Crippen molar-refractivity contribution in [3.63, 3.8) is 0 Å². The van der Waals surface area contributed by atoms with E-state index in [0.717, 1.165) is 17.7 Å². The van der Waals surface area contributed by atoms with Gasteiger partial charge in [-0.1, -0.05) is 29.3 Å². The number of hydrogen-bond donors (Lipinski definition) is 0. The molecule has 0 saturated heterocycles. The fourth-order valence-corrected chi connectivity index (χ4v) is 3.31. The molecule has 0 saturated carbocycles. The Hall–Kier alpha value is -2.20. The van der Waals surface area contributed by atoms with E-state index in [0.29, 0.717) is 41.8 Å². The average molecular weight is 360 g/mol. The second kappa shape index (κ2) is 7.36. The third-order valence-corrected chi connectivity index (χ3v) is 4.53. The van der Waals surface area contributed by atoms with Crippen molar-refractivity contribution >= 4 is 23.2 Å². The van der Waals surface area contributed by atoms with Gasteiger partial charge in [0.25, 0.3) is 5.91 Å². The highest BCUT2D eigenvalue weighted by Gasteiger charge is 2.22. The minimum atomic E-state index is -0.105. The minimum Gasteiger partial charge on any atom is -0.489 e. The van der Waals surface area contributed by atoms with Gasteiger partial charge in [0.1, 0.15) is 0 Å². The third-order valence-electron chi connectivity index (χ3n) is 4.25. The lowest BCUT2D eigenvalue weighted by Crippen LogP contribution is -2.31. The Bertz CT molecular complexity index is 804. The molecule has 25 heavy (non-hydrogen) atoms. The van der Waals surface area contributed by atoms with Crippen molar-refractivity contribution in [1.29, 1.82) is 0 Å². The van der Waals surface area contributed by atoms with E-state index < -0.39 is 0 Å². The summed E-state index contributed by atoms with van der Waals surface area (Å²) < 4.78 is 11.3. The van der Waals surface area contributed by atoms with Gasteiger partial charge in [-0.2, -0.15) is 0 Å². The second-order valence-electron chi connectivity index (χ2n) is 6.18. The second-order valence-corrected chi connectivity index (χ2v) is 6.58. The van der Waals surface area contributed by atoms with Crippen molar-refractivity contribution in [1.82, 2.24) is 0 Å². The van der Waals surface area contributed by atoms with Gasteiger partial charge in [0.05, 0.1) is 18.2 Å². The molecule has 1 amide bonds. The van der Waals surface area contributed by atoms with E-state index in [1.54, 1.807) is 17.0 Å². The van der Waals surface area contributed by atoms with Crippen LogP contribution in [0.4, 0.5) is 5.69 Å². The number of anilines is 1. The van der Waals surface area contributed by atoms with E-state index >= 15 is 0 Å². The van der Waals surface area contributed by atoms with E-state index in [4.69, 9.17) is 21.1 Å². The molecule has 0 radical (unpaired) electrons. The molecule has 1 aliphatic rings. The van der Waals surface area contributed by atoms with E-state index in [9.17, 15) is 4.79 Å². The van der Waals surface area contributed by atoms with Crippen LogP contribution in [0.25, 0.3) is 0 Å². The Morgan fingerprint density at radius 1 is 1.16 bits per heavy atom. The smallest absolute Gasteiger partial charge is 0.258 e. The summed E-state index contributed by atoms with van der Waals surface area (Å²) in [6.07, 6.45) is 0.790. The fraction of sp³-hybridized carbons (Fsp3) is 0.350. The van der Waals surface area contributed by atoms with Gasteiger partial charge in [-0.25, -0.2) is 0 Å². The molecule has 2 aromatic carbocycles. The summed E-state index contributed by atoms with van der Waals surface area (Å²) in [6, 6.07) is 9.45. The maximum Gasteiger partial charge on any atom is 0.258 e. The van der Waals surface area contributed by atoms with Gasteiger partial charge in [0.2, 0.25) is 0 Å². The molecular formula is C20H22ClNO3. The Morgan fingerprint density at radius 3 is 2.64 bits per heavy atom. The molecule has 5 heteroatoms. The van der Waals surface area contributed by atoms with Gasteiger partial charge >= 0.3 is 0 Å². The fourth-order valence-electron chi connectivity index (χ4n) is 3.04. The molecule has 0 fully saturated rings. The predicted molar refractivity (Wildman–Crippen MR) is 100 cm³/mol. The SMILES string of the molecule is CCN(C(=O)c1cc(Cl)c2c(c1)OCCCO2)c1ccc(C)cc1C. The lowest BCUT2D eigenvalue weighted by atomic mass is 10.1. The lowest BCUT2D eigenvalue weighted by molar-refractivity contribution is 0.0987. The molecule has 0 spiro atoms. The summed E-state index contributed by atoms with van der Waals surface area (Å²) >= 11 is 6.33. The summed E-state index contributed by atoms with van der Waals surface area (Å²) in [5, 5.41) is 0.402. The van der Waals surface area contributed by atoms with Gasteiger partial charge in [-0.3, -0.25) is 4.79 Å². The van der Waals surface area contributed by atoms with Gasteiger partial charge in [-0.15, -0.1) is 0 Å². The van der Waals surface area contributed by atoms with Crippen molar-refractivity contribution in [2.45, 2.75) is 27.2 Å². The van der Waals surface area contributed by atoms with Crippen LogP contribution in [0.3, 0.4) is 0 Å². The van der Waals surface area contributed by atoms with Crippen LogP contribution in [0.1, 0.15) is 34.8 Å². The summed E-state index contributed by atoms with van der Waals surface area (Å²) in [5.41, 5.74) is 3.64. The predicted octanol–water partition coefficient (Wildman–Crippen LogP) is 4.78. The van der Waals surface area contributed by atoms with Crippen LogP contribution >= 0.6 is 11.6 Å². The number of halogens is 1. The molecule has 2 aromatic rings. The molecule has 4 nitrogen and oxygen atoms in total. The Morgan fingerprint density at radius 2 is 1.92 bits per heavy atom. The number of amides is 1. The number of nitrogens with zero attached hydrogens (tertiary/aromatic N) is 1. The summed E-state index contributed by atoms with van der Waals surface area (Å²) in [7, 11) is 0. The molecule has 1 aliphatic heterocycles. The number of aryl methyl sites for hydroxylation is 2. The molecule has 0 N–H and O–H groups in total. The largest absolute Gasteiger partial charge is 0.489 e. The van der Waals surface area contributed by atoms with Crippen LogP contribution in [-0.2, 0) is 0 Å². The molecule has 0 aliphatic carbocycles. The lowest BCUT2D eigenvalue weighted by Gasteiger charge is -2.24. The average Bonchev–Trinajstić information content (AvgIpc) is 2.83. The highest BCUT2D eigenvalue weighted by atomic mass is 35.5. The van der Waals surface area contributed by atoms with Crippen molar-refractivity contribution < 1.29 is 14.3 Å². The molecule has 3 rings (SSSR count). The number of carbonyl (C=O) groups excluding carboxylic acids is 1. The molecule has 0 atom stereocenters. The van der Waals surface area contributed by atoms with Crippen LogP contribution in [0.5, 0.6) is 11.5 Å². The van der Waals surface area contributed by atoms with Gasteiger partial charge in [-0.05, 0) is 44.5 Å². The number of rotatable bonds is 3. The van der Waals surface area contributed by atoms with Gasteiger partial charge in [0, 0.05) is 24.2 Å². The monoisotopic (exact) mass is 359 g/mol. The number of ether oxygens (including phenoxy) is 2. The highest BCUT2D eigenvalue weighted by Crippen LogP contribution is 2.38. The highest BCUT2D eigenvalue weighted by molar-refractivity contribution is 6.32. The topological polar surface area (TPSA) is 38.8 Å². The van der Waals surface area contributed by atoms with Crippen LogP contribution in [0, 0.1) is 13.8 Å². The van der Waals surface area contributed by atoms with Crippen LogP contribution < -0.4 is 14.4 Å². The zero-order valence-corrected chi connectivity index (χ0v) is 15.5. The molecule has 0 bridgehead atoms. The summed E-state index contributed by atoms with van der Waals surface area (Å²) in [5.74, 6) is 0.947. The van der Waals surface area contributed by atoms with E-state index in [1.165, 1.54) is 5.56 Å². The maximum atomic E-state index is 13.1. The van der Waals surface area contributed by atoms with Crippen LogP contribution in [0.2, 0.25) is 5.02 Å². The van der Waals surface area contributed by atoms with Gasteiger partial charge < -0.3 is 14.4 Å². The summed E-state index contributed by atoms with van der Waals surface area (Å²) in [4.78, 5) is 14.9. The Balaban J connectivity index is 1.98. The van der Waals surface area contributed by atoms with Gasteiger partial charge in [0.15, 0.2) is 11.5 Å². The normalized spacial score (nSPS) is 13.3. The zero-order valence-electron chi connectivity index (χ0n) is 14.8. The third kappa shape index (κ3) is 3.59. The minimum absolute atomic E-state index is 0.105. The Labute approximate surface area is 153 Å². The molecular weight excluding hydrogens is 338 g/mol. The van der Waals surface area contributed by atoms with Crippen molar-refractivity contribution in [2.24, 2.45) is 0 Å². The van der Waals surface area contributed by atoms with E-state index in [2.05, 4.69) is 6.07 Å². The number of fused-ring (bicyclic) bond motifs is 1. The van der Waals surface area contributed by atoms with Crippen LogP contribution in [-0.4, -0.2) is 25.7 Å².